The van der Waals surface area contributed by atoms with E-state index in [-0.39, 0.29) is 31.2 Å². The van der Waals surface area contributed by atoms with Crippen LogP contribution < -0.4 is 0 Å². The lowest BCUT2D eigenvalue weighted by molar-refractivity contribution is -0.385. The molecule has 0 unspecified atom stereocenters. The molecule has 0 radical (unpaired) electrons. The Balaban J connectivity index is 1.49. The van der Waals surface area contributed by atoms with Crippen LogP contribution in [0.4, 0.5) is 5.69 Å². The number of imide groups is 2. The van der Waals surface area contributed by atoms with Crippen molar-refractivity contribution in [3.8, 4) is 0 Å². The smallest absolute Gasteiger partial charge is 0.325 e. The number of nitro benzene ring substituents is 1. The number of amides is 4. The first-order valence-corrected chi connectivity index (χ1v) is 13.1. The second-order valence-electron chi connectivity index (χ2n) is 8.00. The highest BCUT2D eigenvalue weighted by molar-refractivity contribution is 8.76. The van der Waals surface area contributed by atoms with Crippen LogP contribution >= 0.6 is 21.6 Å². The van der Waals surface area contributed by atoms with Crippen LogP contribution in [0.2, 0.25) is 0 Å². The monoisotopic (exact) mass is 559 g/mol. The lowest BCUT2D eigenvalue weighted by Gasteiger charge is -2.14. The van der Waals surface area contributed by atoms with E-state index in [2.05, 4.69) is 0 Å². The topological polar surface area (TPSA) is 170 Å². The number of aryl methyl sites for hydroxylation is 1. The number of nitrogens with zero attached hydrogens (tertiary/aromatic N) is 3. The molecule has 4 rings (SSSR count). The van der Waals surface area contributed by atoms with E-state index in [0.29, 0.717) is 25.5 Å². The number of carbonyl (C=O) groups excluding carboxylic acids is 6. The van der Waals surface area contributed by atoms with Gasteiger partial charge in [-0.1, -0.05) is 27.7 Å². The molecule has 0 atom stereocenters. The molecular weight excluding hydrogens is 542 g/mol. The van der Waals surface area contributed by atoms with Gasteiger partial charge in [-0.3, -0.25) is 29.3 Å². The maximum absolute atomic E-state index is 12.6. The van der Waals surface area contributed by atoms with Gasteiger partial charge in [0.25, 0.3) is 29.3 Å². The van der Waals surface area contributed by atoms with Crippen LogP contribution in [0.15, 0.2) is 46.2 Å². The second-order valence-corrected chi connectivity index (χ2v) is 10.3. The van der Waals surface area contributed by atoms with Gasteiger partial charge in [0, 0.05) is 41.5 Å². The Morgan fingerprint density at radius 2 is 1.18 bits per heavy atom. The Hall–Kier alpha value is -4.24. The van der Waals surface area contributed by atoms with Crippen LogP contribution in [0.25, 0.3) is 0 Å². The van der Waals surface area contributed by atoms with Crippen LogP contribution in [0, 0.1) is 17.0 Å². The fourth-order valence-corrected chi connectivity index (χ4v) is 5.41. The maximum Gasteiger partial charge on any atom is 0.370 e. The number of benzene rings is 2. The average Bonchev–Trinajstić information content (AvgIpc) is 3.38. The SMILES string of the molecule is Cc1ccc(SSc2ccc([N+](=O)[O-])c(C(=O)ON3C(=O)CCC3=O)c2)cc1C(=O)ON1C(=O)CCC1=O. The molecule has 2 aromatic rings. The highest BCUT2D eigenvalue weighted by Crippen LogP contribution is 2.40. The van der Waals surface area contributed by atoms with Crippen molar-refractivity contribution < 1.29 is 43.4 Å². The maximum atomic E-state index is 12.6. The first-order valence-electron chi connectivity index (χ1n) is 10.9. The lowest BCUT2D eigenvalue weighted by atomic mass is 10.1. The molecule has 0 bridgehead atoms. The Morgan fingerprint density at radius 1 is 0.763 bits per heavy atom. The summed E-state index contributed by atoms with van der Waals surface area (Å²) in [6, 6.07) is 8.50. The standard InChI is InChI=1S/C23H17N3O10S2/c1-12-2-3-13(10-15(12)22(31)35-24-18(27)6-7-19(24)28)37-38-14-4-5-17(26(33)34)16(11-14)23(32)36-25-20(29)8-9-21(25)30/h2-5,10-11H,6-9H2,1H3. The van der Waals surface area contributed by atoms with Crippen LogP contribution in [-0.2, 0) is 28.9 Å². The summed E-state index contributed by atoms with van der Waals surface area (Å²) in [4.78, 5) is 93.6. The summed E-state index contributed by atoms with van der Waals surface area (Å²) in [7, 11) is 2.24. The van der Waals surface area contributed by atoms with Gasteiger partial charge in [0.1, 0.15) is 5.56 Å². The molecule has 38 heavy (non-hydrogen) atoms. The number of hydroxylamine groups is 4. The fraction of sp³-hybridized carbons (Fsp3) is 0.217. The number of hydrogen-bond acceptors (Lipinski definition) is 12. The molecule has 2 fully saturated rings. The van der Waals surface area contributed by atoms with Crippen molar-refractivity contribution in [1.82, 2.24) is 10.1 Å². The molecule has 2 aromatic carbocycles. The van der Waals surface area contributed by atoms with Gasteiger partial charge in [-0.2, -0.15) is 0 Å². The van der Waals surface area contributed by atoms with E-state index in [0.717, 1.165) is 27.7 Å². The van der Waals surface area contributed by atoms with Crippen LogP contribution in [0.3, 0.4) is 0 Å². The zero-order chi connectivity index (χ0) is 27.6. The van der Waals surface area contributed by atoms with Gasteiger partial charge in [0.15, 0.2) is 0 Å². The molecule has 196 valence electrons. The molecule has 0 aliphatic carbocycles. The van der Waals surface area contributed by atoms with Gasteiger partial charge in [-0.05, 0) is 36.8 Å². The van der Waals surface area contributed by atoms with E-state index >= 15 is 0 Å². The van der Waals surface area contributed by atoms with E-state index in [9.17, 15) is 38.9 Å². The molecular formula is C23H17N3O10S2. The average molecular weight is 560 g/mol. The summed E-state index contributed by atoms with van der Waals surface area (Å²) >= 11 is 0. The zero-order valence-corrected chi connectivity index (χ0v) is 21.2. The van der Waals surface area contributed by atoms with Crippen LogP contribution in [0.1, 0.15) is 52.0 Å². The summed E-state index contributed by atoms with van der Waals surface area (Å²) in [5, 5.41) is 12.2. The van der Waals surface area contributed by atoms with Crippen molar-refractivity contribution in [3.63, 3.8) is 0 Å². The molecule has 0 N–H and O–H groups in total. The minimum atomic E-state index is -1.24. The predicted molar refractivity (Wildman–Crippen MR) is 129 cm³/mol. The number of hydrogen-bond donors (Lipinski definition) is 0. The molecule has 2 saturated heterocycles. The number of rotatable bonds is 8. The molecule has 2 aliphatic rings. The van der Waals surface area contributed by atoms with Gasteiger partial charge >= 0.3 is 11.9 Å². The van der Waals surface area contributed by atoms with Gasteiger partial charge in [-0.15, -0.1) is 10.1 Å². The summed E-state index contributed by atoms with van der Waals surface area (Å²) in [5.74, 6) is -4.77. The van der Waals surface area contributed by atoms with Gasteiger partial charge in [-0.25, -0.2) is 9.59 Å². The first-order chi connectivity index (χ1) is 18.0. The molecule has 2 aliphatic heterocycles. The Kier molecular flexibility index (Phi) is 7.78. The van der Waals surface area contributed by atoms with Crippen molar-refractivity contribution in [2.24, 2.45) is 0 Å². The largest absolute Gasteiger partial charge is 0.370 e. The van der Waals surface area contributed by atoms with Crippen LogP contribution in [-0.4, -0.2) is 50.6 Å². The summed E-state index contributed by atoms with van der Waals surface area (Å²) in [6.07, 6.45) is -0.324. The number of carbonyl (C=O) groups is 6. The zero-order valence-electron chi connectivity index (χ0n) is 19.5. The third kappa shape index (κ3) is 5.68. The predicted octanol–water partition coefficient (Wildman–Crippen LogP) is 3.14. The molecule has 0 saturated carbocycles. The van der Waals surface area contributed by atoms with Crippen molar-refractivity contribution in [2.45, 2.75) is 42.4 Å². The Bertz CT molecular complexity index is 1380. The van der Waals surface area contributed by atoms with Crippen molar-refractivity contribution in [2.75, 3.05) is 0 Å². The van der Waals surface area contributed by atoms with Gasteiger partial charge < -0.3 is 9.68 Å². The normalized spacial score (nSPS) is 15.3. The molecule has 2 heterocycles. The first kappa shape index (κ1) is 26.8. The minimum absolute atomic E-state index is 0.0347. The van der Waals surface area contributed by atoms with E-state index in [1.165, 1.54) is 18.2 Å². The molecule has 0 aromatic heterocycles. The summed E-state index contributed by atoms with van der Waals surface area (Å²) in [5.41, 5.74) is -0.373. The van der Waals surface area contributed by atoms with E-state index in [1.807, 2.05) is 0 Å². The van der Waals surface area contributed by atoms with Crippen molar-refractivity contribution in [1.29, 1.82) is 0 Å². The van der Waals surface area contributed by atoms with Gasteiger partial charge in [0.05, 0.1) is 10.5 Å². The highest BCUT2D eigenvalue weighted by atomic mass is 33.1. The number of nitro groups is 1. The second kappa shape index (κ2) is 11.0. The minimum Gasteiger partial charge on any atom is -0.325 e. The van der Waals surface area contributed by atoms with Crippen molar-refractivity contribution >= 4 is 62.8 Å². The lowest BCUT2D eigenvalue weighted by Crippen LogP contribution is -2.32. The summed E-state index contributed by atoms with van der Waals surface area (Å²) < 4.78 is 0. The van der Waals surface area contributed by atoms with Gasteiger partial charge in [0.2, 0.25) is 0 Å². The molecule has 4 amide bonds. The van der Waals surface area contributed by atoms with Crippen LogP contribution in [0.5, 0.6) is 0 Å². The third-order valence-electron chi connectivity index (χ3n) is 5.41. The highest BCUT2D eigenvalue weighted by Gasteiger charge is 2.35. The molecule has 13 nitrogen and oxygen atoms in total. The van der Waals surface area contributed by atoms with E-state index < -0.39 is 51.7 Å². The molecule has 0 spiro atoms. The van der Waals surface area contributed by atoms with Crippen molar-refractivity contribution in [3.05, 3.63) is 63.2 Å². The Morgan fingerprint density at radius 3 is 1.66 bits per heavy atom. The fourth-order valence-electron chi connectivity index (χ4n) is 3.44. The van der Waals surface area contributed by atoms with E-state index in [1.54, 1.807) is 19.1 Å². The third-order valence-corrected chi connectivity index (χ3v) is 7.79. The quantitative estimate of drug-likeness (QED) is 0.201. The molecule has 15 heteroatoms. The van der Waals surface area contributed by atoms with E-state index in [4.69, 9.17) is 9.68 Å². The summed E-state index contributed by atoms with van der Waals surface area (Å²) in [6.45, 7) is 1.65. The Labute approximate surface area is 221 Å².